The Morgan fingerprint density at radius 2 is 1.63 bits per heavy atom. The fraction of sp³-hybridized carbons (Fsp3) is 0.111. The second kappa shape index (κ2) is 7.18. The van der Waals surface area contributed by atoms with Crippen molar-refractivity contribution in [3.8, 4) is 0 Å². The van der Waals surface area contributed by atoms with Gasteiger partial charge >= 0.3 is 0 Å². The Kier molecular flexibility index (Phi) is 4.93. The van der Waals surface area contributed by atoms with Gasteiger partial charge in [-0.2, -0.15) is 5.10 Å². The van der Waals surface area contributed by atoms with Crippen LogP contribution in [0, 0.1) is 36.0 Å². The average molecular weight is 381 g/mol. The molecule has 0 aliphatic rings. The highest BCUT2D eigenvalue weighted by atomic mass is 19.2. The molecule has 1 heterocycles. The molecule has 0 bridgehead atoms. The molecule has 0 spiro atoms. The summed E-state index contributed by atoms with van der Waals surface area (Å²) < 4.78 is 68.0. The minimum atomic E-state index is -2.22. The van der Waals surface area contributed by atoms with Crippen molar-refractivity contribution in [1.82, 2.24) is 9.78 Å². The van der Waals surface area contributed by atoms with Gasteiger partial charge in [0.1, 0.15) is 0 Å². The minimum absolute atomic E-state index is 0.0605. The summed E-state index contributed by atoms with van der Waals surface area (Å²) in [5.41, 5.74) is 0.231. The predicted octanol–water partition coefficient (Wildman–Crippen LogP) is 4.19. The molecule has 27 heavy (non-hydrogen) atoms. The van der Waals surface area contributed by atoms with E-state index >= 15 is 0 Å². The maximum absolute atomic E-state index is 13.7. The molecular weight excluding hydrogens is 369 g/mol. The van der Waals surface area contributed by atoms with Crippen LogP contribution in [0.1, 0.15) is 21.5 Å². The lowest BCUT2D eigenvalue weighted by atomic mass is 10.1. The Hall–Kier alpha value is -3.23. The van der Waals surface area contributed by atoms with Gasteiger partial charge in [0.2, 0.25) is 5.82 Å². The van der Waals surface area contributed by atoms with E-state index in [9.17, 15) is 26.7 Å². The van der Waals surface area contributed by atoms with Crippen LogP contribution in [0.3, 0.4) is 0 Å². The number of rotatable bonds is 4. The summed E-state index contributed by atoms with van der Waals surface area (Å²) in [7, 11) is 0. The molecule has 1 amide bonds. The number of carbonyl (C=O) groups is 1. The number of aromatic nitrogens is 2. The number of amides is 1. The summed E-state index contributed by atoms with van der Waals surface area (Å²) >= 11 is 0. The quantitative estimate of drug-likeness (QED) is 0.419. The van der Waals surface area contributed by atoms with E-state index in [1.54, 1.807) is 18.2 Å². The van der Waals surface area contributed by atoms with E-state index in [0.717, 1.165) is 10.2 Å². The van der Waals surface area contributed by atoms with Crippen molar-refractivity contribution in [1.29, 1.82) is 0 Å². The topological polar surface area (TPSA) is 46.9 Å². The number of hydrogen-bond acceptors (Lipinski definition) is 2. The highest BCUT2D eigenvalue weighted by molar-refractivity contribution is 6.03. The molecule has 9 heteroatoms. The monoisotopic (exact) mass is 381 g/mol. The maximum atomic E-state index is 13.7. The number of anilines is 1. The molecule has 0 fully saturated rings. The maximum Gasteiger partial charge on any atom is 0.256 e. The van der Waals surface area contributed by atoms with Crippen molar-refractivity contribution in [2.75, 3.05) is 5.32 Å². The summed E-state index contributed by atoms with van der Waals surface area (Å²) in [6.45, 7) is 1.11. The molecule has 3 rings (SSSR count). The molecule has 0 aliphatic heterocycles. The van der Waals surface area contributed by atoms with E-state index in [-0.39, 0.29) is 5.82 Å². The molecule has 140 valence electrons. The Morgan fingerprint density at radius 1 is 1.00 bits per heavy atom. The van der Waals surface area contributed by atoms with Crippen molar-refractivity contribution < 1.29 is 26.7 Å². The minimum Gasteiger partial charge on any atom is -0.305 e. The third kappa shape index (κ3) is 3.67. The zero-order valence-corrected chi connectivity index (χ0v) is 13.9. The Labute approximate surface area is 150 Å². The van der Waals surface area contributed by atoms with Crippen LogP contribution < -0.4 is 5.32 Å². The smallest absolute Gasteiger partial charge is 0.256 e. The normalized spacial score (nSPS) is 10.9. The van der Waals surface area contributed by atoms with Crippen LogP contribution in [0.5, 0.6) is 0 Å². The standard InChI is InChI=1S/C18H12F5N3O/c1-9-3-2-4-10(7-9)18(27)24-12-5-6-26(25-12)8-11-13(19)15(21)17(23)16(22)14(11)20/h2-7H,8H2,1H3,(H,24,25,27). The highest BCUT2D eigenvalue weighted by Gasteiger charge is 2.25. The Balaban J connectivity index is 1.80. The number of benzene rings is 2. The third-order valence-electron chi connectivity index (χ3n) is 3.78. The van der Waals surface area contributed by atoms with Gasteiger partial charge in [0.05, 0.1) is 12.1 Å². The molecule has 4 nitrogen and oxygen atoms in total. The van der Waals surface area contributed by atoms with Crippen LogP contribution >= 0.6 is 0 Å². The van der Waals surface area contributed by atoms with Crippen LogP contribution in [-0.2, 0) is 6.54 Å². The Morgan fingerprint density at radius 3 is 2.26 bits per heavy atom. The fourth-order valence-corrected chi connectivity index (χ4v) is 2.44. The van der Waals surface area contributed by atoms with E-state index in [1.807, 2.05) is 13.0 Å². The summed E-state index contributed by atoms with van der Waals surface area (Å²) in [6.07, 6.45) is 1.24. The lowest BCUT2D eigenvalue weighted by Crippen LogP contribution is -2.14. The van der Waals surface area contributed by atoms with Gasteiger partial charge in [-0.25, -0.2) is 22.0 Å². The largest absolute Gasteiger partial charge is 0.305 e. The molecular formula is C18H12F5N3O. The van der Waals surface area contributed by atoms with E-state index in [1.165, 1.54) is 12.3 Å². The molecule has 0 atom stereocenters. The van der Waals surface area contributed by atoms with Crippen LogP contribution in [-0.4, -0.2) is 15.7 Å². The number of nitrogens with zero attached hydrogens (tertiary/aromatic N) is 2. The van der Waals surface area contributed by atoms with Gasteiger partial charge in [0.15, 0.2) is 29.1 Å². The molecule has 0 unspecified atom stereocenters. The van der Waals surface area contributed by atoms with Gasteiger partial charge in [0.25, 0.3) is 5.91 Å². The van der Waals surface area contributed by atoms with Crippen molar-refractivity contribution in [3.05, 3.63) is 82.3 Å². The van der Waals surface area contributed by atoms with Crippen LogP contribution in [0.15, 0.2) is 36.5 Å². The van der Waals surface area contributed by atoms with Gasteiger partial charge in [-0.05, 0) is 19.1 Å². The van der Waals surface area contributed by atoms with E-state index < -0.39 is 47.1 Å². The van der Waals surface area contributed by atoms with Crippen molar-refractivity contribution in [2.45, 2.75) is 13.5 Å². The molecule has 1 N–H and O–H groups in total. The molecule has 0 aliphatic carbocycles. The Bertz CT molecular complexity index is 1000. The number of nitrogens with one attached hydrogen (secondary N) is 1. The van der Waals surface area contributed by atoms with E-state index in [2.05, 4.69) is 10.4 Å². The number of halogens is 5. The molecule has 0 radical (unpaired) electrons. The van der Waals surface area contributed by atoms with Crippen LogP contribution in [0.4, 0.5) is 27.8 Å². The first kappa shape index (κ1) is 18.6. The third-order valence-corrected chi connectivity index (χ3v) is 3.78. The van der Waals surface area contributed by atoms with Crippen molar-refractivity contribution in [3.63, 3.8) is 0 Å². The number of aryl methyl sites for hydroxylation is 1. The highest BCUT2D eigenvalue weighted by Crippen LogP contribution is 2.23. The van der Waals surface area contributed by atoms with E-state index in [0.29, 0.717) is 5.56 Å². The summed E-state index contributed by atoms with van der Waals surface area (Å²) in [5.74, 6) is -10.5. The van der Waals surface area contributed by atoms with Gasteiger partial charge in [-0.15, -0.1) is 0 Å². The summed E-state index contributed by atoms with van der Waals surface area (Å²) in [5, 5.41) is 6.36. The first-order valence-electron chi connectivity index (χ1n) is 7.69. The SMILES string of the molecule is Cc1cccc(C(=O)Nc2ccn(Cc3c(F)c(F)c(F)c(F)c3F)n2)c1. The van der Waals surface area contributed by atoms with Crippen LogP contribution in [0.2, 0.25) is 0 Å². The lowest BCUT2D eigenvalue weighted by molar-refractivity contribution is 0.102. The van der Waals surface area contributed by atoms with Gasteiger partial charge in [-0.1, -0.05) is 17.7 Å². The van der Waals surface area contributed by atoms with Gasteiger partial charge in [0, 0.05) is 17.8 Å². The van der Waals surface area contributed by atoms with Crippen LogP contribution in [0.25, 0.3) is 0 Å². The molecule has 3 aromatic rings. The second-order valence-electron chi connectivity index (χ2n) is 5.77. The first-order chi connectivity index (χ1) is 12.8. The number of hydrogen-bond donors (Lipinski definition) is 1. The van der Waals surface area contributed by atoms with Crippen molar-refractivity contribution >= 4 is 11.7 Å². The molecule has 2 aromatic carbocycles. The zero-order chi connectivity index (χ0) is 19.7. The average Bonchev–Trinajstić information content (AvgIpc) is 3.09. The second-order valence-corrected chi connectivity index (χ2v) is 5.77. The lowest BCUT2D eigenvalue weighted by Gasteiger charge is -2.08. The predicted molar refractivity (Wildman–Crippen MR) is 86.7 cm³/mol. The number of carbonyl (C=O) groups excluding carboxylic acids is 1. The molecule has 1 aromatic heterocycles. The summed E-state index contributed by atoms with van der Waals surface area (Å²) in [6, 6.07) is 8.09. The first-order valence-corrected chi connectivity index (χ1v) is 7.69. The van der Waals surface area contributed by atoms with Gasteiger partial charge in [-0.3, -0.25) is 9.48 Å². The zero-order valence-electron chi connectivity index (χ0n) is 13.9. The fourth-order valence-electron chi connectivity index (χ4n) is 2.44. The van der Waals surface area contributed by atoms with E-state index in [4.69, 9.17) is 0 Å². The van der Waals surface area contributed by atoms with Gasteiger partial charge < -0.3 is 5.32 Å². The van der Waals surface area contributed by atoms with Crippen molar-refractivity contribution in [2.24, 2.45) is 0 Å². The molecule has 0 saturated heterocycles. The molecule has 0 saturated carbocycles. The summed E-state index contributed by atoms with van der Waals surface area (Å²) in [4.78, 5) is 12.1.